The molecule has 0 aromatic heterocycles. The summed E-state index contributed by atoms with van der Waals surface area (Å²) in [6.45, 7) is 2.13. The minimum absolute atomic E-state index is 0.214. The molecule has 0 bridgehead atoms. The van der Waals surface area contributed by atoms with Crippen LogP contribution < -0.4 is 4.74 Å². The maximum atomic E-state index is 6.07. The molecule has 1 aliphatic rings. The van der Waals surface area contributed by atoms with Crippen LogP contribution in [0.15, 0.2) is 48.5 Å². The summed E-state index contributed by atoms with van der Waals surface area (Å²) < 4.78 is 6.07. The predicted octanol–water partition coefficient (Wildman–Crippen LogP) is 4.06. The van der Waals surface area contributed by atoms with Crippen molar-refractivity contribution >= 4 is 0 Å². The molecule has 1 atom stereocenters. The zero-order chi connectivity index (χ0) is 11.7. The van der Waals surface area contributed by atoms with Crippen LogP contribution in [0.5, 0.6) is 5.75 Å². The van der Waals surface area contributed by atoms with E-state index in [-0.39, 0.29) is 6.10 Å². The molecular weight excluding hydrogens is 208 g/mol. The van der Waals surface area contributed by atoms with Gasteiger partial charge in [0.2, 0.25) is 0 Å². The van der Waals surface area contributed by atoms with Gasteiger partial charge in [-0.2, -0.15) is 0 Å². The van der Waals surface area contributed by atoms with Crippen molar-refractivity contribution in [1.29, 1.82) is 0 Å². The van der Waals surface area contributed by atoms with Crippen molar-refractivity contribution in [1.82, 2.24) is 0 Å². The summed E-state index contributed by atoms with van der Waals surface area (Å²) in [4.78, 5) is 0. The number of hydrogen-bond acceptors (Lipinski definition) is 1. The highest BCUT2D eigenvalue weighted by molar-refractivity contribution is 5.39. The highest BCUT2D eigenvalue weighted by atomic mass is 16.5. The Morgan fingerprint density at radius 1 is 1.06 bits per heavy atom. The Kier molecular flexibility index (Phi) is 2.60. The molecule has 2 aromatic carbocycles. The molecule has 86 valence electrons. The van der Waals surface area contributed by atoms with E-state index in [1.54, 1.807) is 0 Å². The van der Waals surface area contributed by atoms with Crippen LogP contribution in [0.1, 0.15) is 29.2 Å². The van der Waals surface area contributed by atoms with Gasteiger partial charge in [0.05, 0.1) is 0 Å². The summed E-state index contributed by atoms with van der Waals surface area (Å²) in [7, 11) is 0. The topological polar surface area (TPSA) is 9.23 Å². The van der Waals surface area contributed by atoms with E-state index in [0.29, 0.717) is 0 Å². The zero-order valence-electron chi connectivity index (χ0n) is 10.0. The Labute approximate surface area is 102 Å². The van der Waals surface area contributed by atoms with E-state index >= 15 is 0 Å². The van der Waals surface area contributed by atoms with Crippen molar-refractivity contribution in [3.05, 3.63) is 65.2 Å². The number of hydrogen-bond donors (Lipinski definition) is 0. The second-order valence-corrected chi connectivity index (χ2v) is 4.67. The molecule has 1 heteroatoms. The van der Waals surface area contributed by atoms with Gasteiger partial charge in [0.1, 0.15) is 11.9 Å². The largest absolute Gasteiger partial charge is 0.485 e. The lowest BCUT2D eigenvalue weighted by molar-refractivity contribution is 0.176. The maximum absolute atomic E-state index is 6.07. The molecule has 3 rings (SSSR count). The minimum Gasteiger partial charge on any atom is -0.485 e. The molecule has 0 N–H and O–H groups in total. The van der Waals surface area contributed by atoms with E-state index in [0.717, 1.165) is 18.6 Å². The first-order chi connectivity index (χ1) is 8.33. The fourth-order valence-corrected chi connectivity index (χ4v) is 2.42. The molecule has 1 aliphatic heterocycles. The van der Waals surface area contributed by atoms with Crippen LogP contribution in [-0.4, -0.2) is 0 Å². The fraction of sp³-hybridized carbons (Fsp3) is 0.250. The Balaban J connectivity index is 1.88. The van der Waals surface area contributed by atoms with E-state index in [2.05, 4.69) is 49.4 Å². The molecule has 0 fully saturated rings. The first kappa shape index (κ1) is 10.4. The van der Waals surface area contributed by atoms with Crippen LogP contribution in [0.4, 0.5) is 0 Å². The smallest absolute Gasteiger partial charge is 0.124 e. The standard InChI is InChI=1S/C16H16O/c1-12-7-9-16-14(11-12)8-10-15(17-16)13-5-3-2-4-6-13/h2-7,9,11,15H,8,10H2,1H3/t15-/m0/s1. The second-order valence-electron chi connectivity index (χ2n) is 4.67. The number of benzene rings is 2. The van der Waals surface area contributed by atoms with E-state index in [9.17, 15) is 0 Å². The van der Waals surface area contributed by atoms with Gasteiger partial charge in [-0.1, -0.05) is 48.0 Å². The first-order valence-electron chi connectivity index (χ1n) is 6.14. The SMILES string of the molecule is Cc1ccc2c(c1)CC[C@@H](c1ccccc1)O2. The molecule has 0 saturated carbocycles. The van der Waals surface area contributed by atoms with Crippen LogP contribution in [0.25, 0.3) is 0 Å². The number of aryl methyl sites for hydroxylation is 2. The second kappa shape index (κ2) is 4.25. The summed E-state index contributed by atoms with van der Waals surface area (Å²) in [5, 5.41) is 0. The third-order valence-corrected chi connectivity index (χ3v) is 3.33. The molecule has 0 saturated heterocycles. The Morgan fingerprint density at radius 3 is 2.71 bits per heavy atom. The van der Waals surface area contributed by atoms with E-state index in [1.165, 1.54) is 16.7 Å². The summed E-state index contributed by atoms with van der Waals surface area (Å²) in [6, 6.07) is 16.9. The average Bonchev–Trinajstić information content (AvgIpc) is 2.39. The van der Waals surface area contributed by atoms with Crippen molar-refractivity contribution in [2.24, 2.45) is 0 Å². The highest BCUT2D eigenvalue weighted by Crippen LogP contribution is 2.34. The van der Waals surface area contributed by atoms with Crippen molar-refractivity contribution in [3.8, 4) is 5.75 Å². The molecule has 0 unspecified atom stereocenters. The van der Waals surface area contributed by atoms with Gasteiger partial charge >= 0.3 is 0 Å². The van der Waals surface area contributed by atoms with Crippen molar-refractivity contribution in [2.45, 2.75) is 25.9 Å². The van der Waals surface area contributed by atoms with Crippen LogP contribution in [0.3, 0.4) is 0 Å². The Bertz CT molecular complexity index is 516. The van der Waals surface area contributed by atoms with Crippen LogP contribution in [0.2, 0.25) is 0 Å². The average molecular weight is 224 g/mol. The number of ether oxygens (including phenoxy) is 1. The Hall–Kier alpha value is -1.76. The van der Waals surface area contributed by atoms with Gasteiger partial charge in [0.15, 0.2) is 0 Å². The zero-order valence-corrected chi connectivity index (χ0v) is 10.0. The van der Waals surface area contributed by atoms with Gasteiger partial charge in [-0.15, -0.1) is 0 Å². The molecule has 2 aromatic rings. The highest BCUT2D eigenvalue weighted by Gasteiger charge is 2.20. The molecule has 0 amide bonds. The predicted molar refractivity (Wildman–Crippen MR) is 69.3 cm³/mol. The third-order valence-electron chi connectivity index (χ3n) is 3.33. The van der Waals surface area contributed by atoms with Gasteiger partial charge in [-0.05, 0) is 37.0 Å². The molecule has 0 spiro atoms. The quantitative estimate of drug-likeness (QED) is 0.709. The van der Waals surface area contributed by atoms with Gasteiger partial charge < -0.3 is 4.74 Å². The number of rotatable bonds is 1. The van der Waals surface area contributed by atoms with Gasteiger partial charge in [-0.3, -0.25) is 0 Å². The van der Waals surface area contributed by atoms with Crippen molar-refractivity contribution < 1.29 is 4.74 Å². The van der Waals surface area contributed by atoms with Crippen LogP contribution in [0, 0.1) is 6.92 Å². The van der Waals surface area contributed by atoms with Gasteiger partial charge in [0.25, 0.3) is 0 Å². The number of fused-ring (bicyclic) bond motifs is 1. The first-order valence-corrected chi connectivity index (χ1v) is 6.14. The lowest BCUT2D eigenvalue weighted by Gasteiger charge is -2.26. The van der Waals surface area contributed by atoms with E-state index < -0.39 is 0 Å². The molecule has 1 heterocycles. The lowest BCUT2D eigenvalue weighted by Crippen LogP contribution is -2.15. The Morgan fingerprint density at radius 2 is 1.88 bits per heavy atom. The maximum Gasteiger partial charge on any atom is 0.124 e. The van der Waals surface area contributed by atoms with Crippen LogP contribution >= 0.6 is 0 Å². The van der Waals surface area contributed by atoms with Gasteiger partial charge in [0, 0.05) is 0 Å². The summed E-state index contributed by atoms with van der Waals surface area (Å²) in [5.41, 5.74) is 3.93. The molecule has 17 heavy (non-hydrogen) atoms. The molecule has 0 radical (unpaired) electrons. The van der Waals surface area contributed by atoms with E-state index in [1.807, 2.05) is 6.07 Å². The van der Waals surface area contributed by atoms with Crippen molar-refractivity contribution in [3.63, 3.8) is 0 Å². The third kappa shape index (κ3) is 2.05. The minimum atomic E-state index is 0.214. The summed E-state index contributed by atoms with van der Waals surface area (Å²) in [6.07, 6.45) is 2.39. The molecule has 0 aliphatic carbocycles. The molecule has 1 nitrogen and oxygen atoms in total. The normalized spacial score (nSPS) is 18.3. The van der Waals surface area contributed by atoms with Gasteiger partial charge in [-0.25, -0.2) is 0 Å². The molecular formula is C16H16O. The van der Waals surface area contributed by atoms with E-state index in [4.69, 9.17) is 4.74 Å². The van der Waals surface area contributed by atoms with Crippen LogP contribution in [-0.2, 0) is 6.42 Å². The summed E-state index contributed by atoms with van der Waals surface area (Å²) in [5.74, 6) is 1.05. The lowest BCUT2D eigenvalue weighted by atomic mass is 9.96. The fourth-order valence-electron chi connectivity index (χ4n) is 2.42. The van der Waals surface area contributed by atoms with Crippen molar-refractivity contribution in [2.75, 3.05) is 0 Å². The monoisotopic (exact) mass is 224 g/mol. The summed E-state index contributed by atoms with van der Waals surface area (Å²) >= 11 is 0.